The van der Waals surface area contributed by atoms with Crippen LogP contribution < -0.4 is 4.90 Å². The van der Waals surface area contributed by atoms with E-state index < -0.39 is 11.7 Å². The molecule has 0 N–H and O–H groups in total. The highest BCUT2D eigenvalue weighted by Gasteiger charge is 2.24. The van der Waals surface area contributed by atoms with Crippen LogP contribution in [0, 0.1) is 6.92 Å². The molecule has 0 atom stereocenters. The molecule has 1 heterocycles. The number of anilines is 1. The molecule has 1 aromatic rings. The first-order valence-corrected chi connectivity index (χ1v) is 6.13. The molecule has 6 heteroatoms. The first-order chi connectivity index (χ1) is 8.26. The van der Waals surface area contributed by atoms with Crippen molar-refractivity contribution in [1.82, 2.24) is 4.98 Å². The predicted molar refractivity (Wildman–Crippen MR) is 71.5 cm³/mol. The minimum atomic E-state index is -0.722. The molecule has 1 rings (SSSR count). The monoisotopic (exact) mass is 314 g/mol. The van der Waals surface area contributed by atoms with E-state index in [0.717, 1.165) is 14.9 Å². The van der Waals surface area contributed by atoms with E-state index >= 15 is 0 Å². The molecule has 0 aromatic carbocycles. The molecule has 5 nitrogen and oxygen atoms in total. The number of amides is 2. The van der Waals surface area contributed by atoms with Crippen molar-refractivity contribution in [3.63, 3.8) is 0 Å². The fourth-order valence-electron chi connectivity index (χ4n) is 1.24. The fraction of sp³-hybridized carbons (Fsp3) is 0.417. The molecular formula is C12H15BrN2O3. The zero-order valence-electron chi connectivity index (χ0n) is 10.7. The van der Waals surface area contributed by atoms with E-state index in [1.165, 1.54) is 6.20 Å². The molecular weight excluding hydrogens is 300 g/mol. The molecule has 1 aromatic heterocycles. The van der Waals surface area contributed by atoms with Crippen molar-refractivity contribution >= 4 is 34.1 Å². The highest BCUT2D eigenvalue weighted by molar-refractivity contribution is 9.10. The van der Waals surface area contributed by atoms with Gasteiger partial charge in [-0.25, -0.2) is 9.69 Å². The van der Waals surface area contributed by atoms with Crippen molar-refractivity contribution in [2.45, 2.75) is 33.3 Å². The quantitative estimate of drug-likeness (QED) is 0.787. The van der Waals surface area contributed by atoms with Gasteiger partial charge in [0.2, 0.25) is 6.41 Å². The van der Waals surface area contributed by atoms with Gasteiger partial charge in [0, 0.05) is 10.7 Å². The van der Waals surface area contributed by atoms with Gasteiger partial charge in [0.1, 0.15) is 5.60 Å². The van der Waals surface area contributed by atoms with Gasteiger partial charge in [0.15, 0.2) is 0 Å². The second-order valence-corrected chi connectivity index (χ2v) is 5.58. The maximum absolute atomic E-state index is 11.9. The summed E-state index contributed by atoms with van der Waals surface area (Å²) >= 11 is 3.30. The average Bonchev–Trinajstić information content (AvgIpc) is 2.22. The summed E-state index contributed by atoms with van der Waals surface area (Å²) in [5.41, 5.74) is 0.475. The van der Waals surface area contributed by atoms with Gasteiger partial charge in [-0.05, 0) is 49.2 Å². The molecule has 0 aliphatic rings. The van der Waals surface area contributed by atoms with Crippen molar-refractivity contribution in [2.75, 3.05) is 4.90 Å². The minimum absolute atomic E-state index is 0.397. The van der Waals surface area contributed by atoms with E-state index in [4.69, 9.17) is 4.74 Å². The lowest BCUT2D eigenvalue weighted by Crippen LogP contribution is -2.36. The number of carbonyl (C=O) groups is 2. The summed E-state index contributed by atoms with van der Waals surface area (Å²) in [5, 5.41) is 0. The Morgan fingerprint density at radius 3 is 2.56 bits per heavy atom. The summed E-state index contributed by atoms with van der Waals surface area (Å²) in [6.45, 7) is 6.99. The van der Waals surface area contributed by atoms with Crippen molar-refractivity contribution in [1.29, 1.82) is 0 Å². The highest BCUT2D eigenvalue weighted by atomic mass is 79.9. The molecule has 0 unspecified atom stereocenters. The zero-order valence-corrected chi connectivity index (χ0v) is 12.3. The van der Waals surface area contributed by atoms with Gasteiger partial charge in [-0.1, -0.05) is 0 Å². The zero-order chi connectivity index (χ0) is 13.9. The number of hydrogen-bond acceptors (Lipinski definition) is 4. The number of halogens is 1. The second kappa shape index (κ2) is 5.48. The van der Waals surface area contributed by atoms with Gasteiger partial charge >= 0.3 is 6.09 Å². The van der Waals surface area contributed by atoms with Crippen LogP contribution in [0.25, 0.3) is 0 Å². The SMILES string of the molecule is Cc1c(Br)cncc1N(C=O)C(=O)OC(C)(C)C. The number of nitrogens with zero attached hydrogens (tertiary/aromatic N) is 2. The lowest BCUT2D eigenvalue weighted by atomic mass is 10.2. The largest absolute Gasteiger partial charge is 0.443 e. The third-order valence-corrected chi connectivity index (χ3v) is 2.88. The number of pyridine rings is 1. The molecule has 0 aliphatic heterocycles. The molecule has 2 amide bonds. The first-order valence-electron chi connectivity index (χ1n) is 5.34. The number of rotatable bonds is 2. The number of imide groups is 1. The Kier molecular flexibility index (Phi) is 4.45. The summed E-state index contributed by atoms with van der Waals surface area (Å²) in [6, 6.07) is 0. The summed E-state index contributed by atoms with van der Waals surface area (Å²) in [5.74, 6) is 0. The molecule has 0 aliphatic carbocycles. The van der Waals surface area contributed by atoms with E-state index in [0.29, 0.717) is 12.1 Å². The van der Waals surface area contributed by atoms with Crippen LogP contribution in [0.1, 0.15) is 26.3 Å². The standard InChI is InChI=1S/C12H15BrN2O3/c1-8-9(13)5-14-6-10(8)15(7-16)11(17)18-12(2,3)4/h5-7H,1-4H3. The fourth-order valence-corrected chi connectivity index (χ4v) is 1.56. The lowest BCUT2D eigenvalue weighted by molar-refractivity contribution is -0.107. The summed E-state index contributed by atoms with van der Waals surface area (Å²) < 4.78 is 5.87. The smallest absolute Gasteiger partial charge is 0.421 e. The first kappa shape index (κ1) is 14.6. The highest BCUT2D eigenvalue weighted by Crippen LogP contribution is 2.26. The van der Waals surface area contributed by atoms with Gasteiger partial charge in [-0.3, -0.25) is 9.78 Å². The average molecular weight is 315 g/mol. The van der Waals surface area contributed by atoms with Crippen LogP contribution in [0.5, 0.6) is 0 Å². The molecule has 0 radical (unpaired) electrons. The van der Waals surface area contributed by atoms with Crippen LogP contribution in [0.4, 0.5) is 10.5 Å². The van der Waals surface area contributed by atoms with Gasteiger partial charge < -0.3 is 4.74 Å². The molecule has 0 fully saturated rings. The number of carbonyl (C=O) groups excluding carboxylic acids is 2. The molecule has 98 valence electrons. The van der Waals surface area contributed by atoms with Crippen LogP contribution in [0.15, 0.2) is 16.9 Å². The third kappa shape index (κ3) is 3.53. The van der Waals surface area contributed by atoms with Crippen molar-refractivity contribution in [2.24, 2.45) is 0 Å². The van der Waals surface area contributed by atoms with Crippen LogP contribution in [0.2, 0.25) is 0 Å². The van der Waals surface area contributed by atoms with Crippen LogP contribution in [-0.2, 0) is 9.53 Å². The Morgan fingerprint density at radius 1 is 1.44 bits per heavy atom. The van der Waals surface area contributed by atoms with E-state index in [-0.39, 0.29) is 0 Å². The third-order valence-electron chi connectivity index (χ3n) is 2.08. The Morgan fingerprint density at radius 2 is 2.06 bits per heavy atom. The van der Waals surface area contributed by atoms with E-state index in [1.807, 2.05) is 0 Å². The summed E-state index contributed by atoms with van der Waals surface area (Å²) in [6.07, 6.45) is 2.74. The number of ether oxygens (including phenoxy) is 1. The van der Waals surface area contributed by atoms with E-state index in [2.05, 4.69) is 20.9 Å². The minimum Gasteiger partial charge on any atom is -0.443 e. The molecule has 0 spiro atoms. The van der Waals surface area contributed by atoms with Gasteiger partial charge in [0.25, 0.3) is 0 Å². The Balaban J connectivity index is 3.07. The van der Waals surface area contributed by atoms with Crippen LogP contribution >= 0.6 is 15.9 Å². The topological polar surface area (TPSA) is 59.5 Å². The number of hydrogen-bond donors (Lipinski definition) is 0. The summed E-state index contributed by atoms with van der Waals surface area (Å²) in [4.78, 5) is 27.8. The number of aromatic nitrogens is 1. The Hall–Kier alpha value is -1.43. The predicted octanol–water partition coefficient (Wildman–Crippen LogP) is 3.05. The molecule has 0 saturated carbocycles. The Bertz CT molecular complexity index is 469. The maximum atomic E-state index is 11.9. The summed E-state index contributed by atoms with van der Waals surface area (Å²) in [7, 11) is 0. The maximum Gasteiger partial charge on any atom is 0.421 e. The van der Waals surface area contributed by atoms with Gasteiger partial charge in [-0.15, -0.1) is 0 Å². The van der Waals surface area contributed by atoms with Gasteiger partial charge in [-0.2, -0.15) is 0 Å². The van der Waals surface area contributed by atoms with E-state index in [1.54, 1.807) is 33.9 Å². The molecule has 18 heavy (non-hydrogen) atoms. The molecule has 0 saturated heterocycles. The van der Waals surface area contributed by atoms with Crippen LogP contribution in [-0.4, -0.2) is 23.1 Å². The van der Waals surface area contributed by atoms with Crippen molar-refractivity contribution in [3.8, 4) is 0 Å². The Labute approximate surface area is 114 Å². The van der Waals surface area contributed by atoms with E-state index in [9.17, 15) is 9.59 Å². The van der Waals surface area contributed by atoms with Crippen molar-refractivity contribution < 1.29 is 14.3 Å². The lowest BCUT2D eigenvalue weighted by Gasteiger charge is -2.24. The normalized spacial score (nSPS) is 10.9. The second-order valence-electron chi connectivity index (χ2n) is 4.72. The molecule has 0 bridgehead atoms. The van der Waals surface area contributed by atoms with Gasteiger partial charge in [0.05, 0.1) is 11.9 Å². The van der Waals surface area contributed by atoms with Crippen LogP contribution in [0.3, 0.4) is 0 Å². The van der Waals surface area contributed by atoms with Crippen molar-refractivity contribution in [3.05, 3.63) is 22.4 Å².